The Labute approximate surface area is 106 Å². The normalized spacial score (nSPS) is 20.6. The van der Waals surface area contributed by atoms with Crippen molar-refractivity contribution in [1.29, 1.82) is 0 Å². The molecule has 0 saturated carbocycles. The molecule has 0 radical (unpaired) electrons. The van der Waals surface area contributed by atoms with Gasteiger partial charge in [-0.2, -0.15) is 0 Å². The summed E-state index contributed by atoms with van der Waals surface area (Å²) in [7, 11) is 1.63. The number of nitrogens with zero attached hydrogens (tertiary/aromatic N) is 1. The minimum Gasteiger partial charge on any atom is -0.364 e. The van der Waals surface area contributed by atoms with E-state index in [-0.39, 0.29) is 11.2 Å². The zero-order valence-electron chi connectivity index (χ0n) is 9.96. The van der Waals surface area contributed by atoms with E-state index in [1.165, 1.54) is 0 Å². The molecular formula is C13H17NO2S. The Hall–Kier alpha value is -1.00. The number of rotatable bonds is 4. The van der Waals surface area contributed by atoms with Crippen LogP contribution < -0.4 is 0 Å². The predicted octanol–water partition coefficient (Wildman–Crippen LogP) is 2.37. The van der Waals surface area contributed by atoms with E-state index in [9.17, 15) is 4.79 Å². The molecule has 0 aliphatic carbocycles. The van der Waals surface area contributed by atoms with E-state index >= 15 is 0 Å². The molecule has 0 spiro atoms. The number of thioether (sulfide) groups is 1. The fourth-order valence-electron chi connectivity index (χ4n) is 1.96. The maximum absolute atomic E-state index is 12.1. The van der Waals surface area contributed by atoms with Crippen LogP contribution in [0, 0.1) is 0 Å². The summed E-state index contributed by atoms with van der Waals surface area (Å²) in [6.07, 6.45) is 2.01. The van der Waals surface area contributed by atoms with E-state index in [1.807, 2.05) is 30.3 Å². The minimum absolute atomic E-state index is 0.0429. The molecule has 92 valence electrons. The third kappa shape index (κ3) is 3.23. The van der Waals surface area contributed by atoms with Crippen molar-refractivity contribution in [3.63, 3.8) is 0 Å². The van der Waals surface area contributed by atoms with Crippen LogP contribution in [0.3, 0.4) is 0 Å². The molecule has 1 fully saturated rings. The van der Waals surface area contributed by atoms with Crippen molar-refractivity contribution >= 4 is 17.7 Å². The molecule has 1 aliphatic rings. The Morgan fingerprint density at radius 2 is 2.18 bits per heavy atom. The molecule has 1 aliphatic heterocycles. The molecule has 1 atom stereocenters. The number of hydrogen-bond donors (Lipinski definition) is 0. The molecule has 4 heteroatoms. The van der Waals surface area contributed by atoms with Crippen molar-refractivity contribution in [2.45, 2.75) is 23.0 Å². The molecule has 1 unspecified atom stereocenters. The molecule has 2 rings (SSSR count). The van der Waals surface area contributed by atoms with Gasteiger partial charge in [0.25, 0.3) is 0 Å². The van der Waals surface area contributed by atoms with Crippen molar-refractivity contribution in [2.24, 2.45) is 0 Å². The number of benzene rings is 1. The fraction of sp³-hybridized carbons (Fsp3) is 0.462. The summed E-state index contributed by atoms with van der Waals surface area (Å²) in [5.74, 6) is 0.201. The van der Waals surface area contributed by atoms with Crippen LogP contribution in [0.4, 0.5) is 0 Å². The van der Waals surface area contributed by atoms with Gasteiger partial charge in [-0.3, -0.25) is 4.79 Å². The van der Waals surface area contributed by atoms with Crippen LogP contribution in [0.25, 0.3) is 0 Å². The largest absolute Gasteiger partial charge is 0.364 e. The van der Waals surface area contributed by atoms with Gasteiger partial charge in [-0.25, -0.2) is 0 Å². The number of hydrogen-bond acceptors (Lipinski definition) is 3. The van der Waals surface area contributed by atoms with Crippen molar-refractivity contribution in [3.8, 4) is 0 Å². The Balaban J connectivity index is 1.98. The molecular weight excluding hydrogens is 234 g/mol. The summed E-state index contributed by atoms with van der Waals surface area (Å²) in [5, 5.41) is 0.0429. The van der Waals surface area contributed by atoms with Crippen molar-refractivity contribution < 1.29 is 9.53 Å². The highest BCUT2D eigenvalue weighted by atomic mass is 32.2. The number of likely N-dealkylation sites (tertiary alicyclic amines) is 1. The lowest BCUT2D eigenvalue weighted by Gasteiger charge is -2.31. The van der Waals surface area contributed by atoms with Crippen LogP contribution in [0.5, 0.6) is 0 Å². The van der Waals surface area contributed by atoms with E-state index < -0.39 is 0 Å². The van der Waals surface area contributed by atoms with Gasteiger partial charge in [0.05, 0.1) is 5.25 Å². The van der Waals surface area contributed by atoms with Gasteiger partial charge in [0.15, 0.2) is 0 Å². The second kappa shape index (κ2) is 6.07. The van der Waals surface area contributed by atoms with Crippen LogP contribution >= 0.6 is 11.8 Å². The van der Waals surface area contributed by atoms with Crippen molar-refractivity contribution in [2.75, 3.05) is 20.4 Å². The number of piperidine rings is 1. The van der Waals surface area contributed by atoms with Gasteiger partial charge in [0, 0.05) is 18.6 Å². The molecule has 0 aromatic heterocycles. The van der Waals surface area contributed by atoms with E-state index in [2.05, 4.69) is 0 Å². The highest BCUT2D eigenvalue weighted by molar-refractivity contribution is 8.00. The van der Waals surface area contributed by atoms with Gasteiger partial charge in [-0.15, -0.1) is 11.8 Å². The van der Waals surface area contributed by atoms with Gasteiger partial charge < -0.3 is 9.64 Å². The first kappa shape index (κ1) is 12.5. The molecule has 0 N–H and O–H groups in total. The maximum Gasteiger partial charge on any atom is 0.237 e. The Kier molecular flexibility index (Phi) is 4.45. The summed E-state index contributed by atoms with van der Waals surface area (Å²) in [6, 6.07) is 10.1. The Bertz CT molecular complexity index is 367. The summed E-state index contributed by atoms with van der Waals surface area (Å²) < 4.78 is 5.05. The third-order valence-corrected chi connectivity index (χ3v) is 4.05. The summed E-state index contributed by atoms with van der Waals surface area (Å²) in [6.45, 7) is 1.23. The van der Waals surface area contributed by atoms with E-state index in [0.29, 0.717) is 6.73 Å². The SMILES string of the molecule is COCN1CCCC(Sc2ccccc2)C1=O. The lowest BCUT2D eigenvalue weighted by molar-refractivity contribution is -0.137. The van der Waals surface area contributed by atoms with Crippen LogP contribution in [-0.4, -0.2) is 36.4 Å². The molecule has 1 heterocycles. The number of amides is 1. The van der Waals surface area contributed by atoms with Crippen LogP contribution in [0.2, 0.25) is 0 Å². The first-order valence-electron chi connectivity index (χ1n) is 5.80. The average Bonchev–Trinajstić information content (AvgIpc) is 2.36. The number of methoxy groups -OCH3 is 1. The summed E-state index contributed by atoms with van der Waals surface area (Å²) >= 11 is 1.66. The highest BCUT2D eigenvalue weighted by Crippen LogP contribution is 2.30. The second-order valence-corrected chi connectivity index (χ2v) is 5.36. The zero-order valence-corrected chi connectivity index (χ0v) is 10.8. The molecule has 3 nitrogen and oxygen atoms in total. The minimum atomic E-state index is 0.0429. The van der Waals surface area contributed by atoms with Gasteiger partial charge in [0.2, 0.25) is 5.91 Å². The summed E-state index contributed by atoms with van der Waals surface area (Å²) in [4.78, 5) is 15.1. The quantitative estimate of drug-likeness (QED) is 0.823. The smallest absolute Gasteiger partial charge is 0.237 e. The van der Waals surface area contributed by atoms with Crippen LogP contribution in [0.15, 0.2) is 35.2 Å². The zero-order chi connectivity index (χ0) is 12.1. The molecule has 17 heavy (non-hydrogen) atoms. The number of carbonyl (C=O) groups excluding carboxylic acids is 1. The third-order valence-electron chi connectivity index (χ3n) is 2.79. The maximum atomic E-state index is 12.1. The number of carbonyl (C=O) groups is 1. The highest BCUT2D eigenvalue weighted by Gasteiger charge is 2.29. The Morgan fingerprint density at radius 1 is 1.41 bits per heavy atom. The standard InChI is InChI=1S/C13H17NO2S/c1-16-10-14-9-5-8-12(13(14)15)17-11-6-3-2-4-7-11/h2-4,6-7,12H,5,8-10H2,1H3. The monoisotopic (exact) mass is 251 g/mol. The van der Waals surface area contributed by atoms with E-state index in [4.69, 9.17) is 4.74 Å². The Morgan fingerprint density at radius 3 is 2.88 bits per heavy atom. The molecule has 1 amide bonds. The lowest BCUT2D eigenvalue weighted by Crippen LogP contribution is -2.43. The van der Waals surface area contributed by atoms with Crippen LogP contribution in [0.1, 0.15) is 12.8 Å². The summed E-state index contributed by atoms with van der Waals surface area (Å²) in [5.41, 5.74) is 0. The van der Waals surface area contributed by atoms with Gasteiger partial charge >= 0.3 is 0 Å². The first-order valence-corrected chi connectivity index (χ1v) is 6.68. The topological polar surface area (TPSA) is 29.5 Å². The molecule has 1 saturated heterocycles. The lowest BCUT2D eigenvalue weighted by atomic mass is 10.1. The van der Waals surface area contributed by atoms with Crippen molar-refractivity contribution in [3.05, 3.63) is 30.3 Å². The second-order valence-electron chi connectivity index (χ2n) is 4.08. The molecule has 0 bridgehead atoms. The van der Waals surface area contributed by atoms with Gasteiger partial charge in [0.1, 0.15) is 6.73 Å². The molecule has 1 aromatic rings. The van der Waals surface area contributed by atoms with E-state index in [1.54, 1.807) is 23.8 Å². The van der Waals surface area contributed by atoms with Crippen LogP contribution in [-0.2, 0) is 9.53 Å². The molecule has 1 aromatic carbocycles. The average molecular weight is 251 g/mol. The van der Waals surface area contributed by atoms with E-state index in [0.717, 1.165) is 24.3 Å². The first-order chi connectivity index (χ1) is 8.31. The van der Waals surface area contributed by atoms with Gasteiger partial charge in [-0.05, 0) is 25.0 Å². The van der Waals surface area contributed by atoms with Crippen molar-refractivity contribution in [1.82, 2.24) is 4.90 Å². The van der Waals surface area contributed by atoms with Gasteiger partial charge in [-0.1, -0.05) is 18.2 Å². The fourth-order valence-corrected chi connectivity index (χ4v) is 3.14. The number of ether oxygens (including phenoxy) is 1. The predicted molar refractivity (Wildman–Crippen MR) is 68.9 cm³/mol.